The first kappa shape index (κ1) is 15.6. The standard InChI is InChI=1S/C16H17ClN4O2/c1-21-9-8-12(20-21)15(10-2-4-11(17)5-3-10)19-16(23)13-6-7-14(22)18-13/h2-5,8-9,13,15H,6-7H2,1H3,(H,18,22)(H,19,23)/t13-,15?/m1/s1. The van der Waals surface area contributed by atoms with E-state index in [1.165, 1.54) is 0 Å². The third kappa shape index (κ3) is 3.53. The van der Waals surface area contributed by atoms with Crippen molar-refractivity contribution in [3.63, 3.8) is 0 Å². The molecule has 7 heteroatoms. The van der Waals surface area contributed by atoms with E-state index in [-0.39, 0.29) is 11.8 Å². The second-order valence-corrected chi connectivity index (χ2v) is 6.00. The lowest BCUT2D eigenvalue weighted by Crippen LogP contribution is -2.43. The van der Waals surface area contributed by atoms with Crippen LogP contribution < -0.4 is 10.6 Å². The molecule has 1 unspecified atom stereocenters. The van der Waals surface area contributed by atoms with E-state index in [0.29, 0.717) is 17.9 Å². The average molecular weight is 333 g/mol. The number of benzene rings is 1. The summed E-state index contributed by atoms with van der Waals surface area (Å²) in [6, 6.07) is 8.24. The summed E-state index contributed by atoms with van der Waals surface area (Å²) >= 11 is 5.94. The zero-order valence-electron chi connectivity index (χ0n) is 12.6. The van der Waals surface area contributed by atoms with Gasteiger partial charge in [0.1, 0.15) is 6.04 Å². The highest BCUT2D eigenvalue weighted by Gasteiger charge is 2.29. The number of amides is 2. The zero-order chi connectivity index (χ0) is 16.4. The van der Waals surface area contributed by atoms with Crippen LogP contribution in [-0.2, 0) is 16.6 Å². The normalized spacial score (nSPS) is 18.5. The summed E-state index contributed by atoms with van der Waals surface area (Å²) in [5.74, 6) is -0.299. The molecule has 120 valence electrons. The summed E-state index contributed by atoms with van der Waals surface area (Å²) in [7, 11) is 1.82. The third-order valence-electron chi connectivity index (χ3n) is 3.83. The van der Waals surface area contributed by atoms with Gasteiger partial charge in [-0.25, -0.2) is 0 Å². The first-order valence-corrected chi connectivity index (χ1v) is 7.75. The second-order valence-electron chi connectivity index (χ2n) is 5.57. The van der Waals surface area contributed by atoms with Crippen molar-refractivity contribution < 1.29 is 9.59 Å². The van der Waals surface area contributed by atoms with Crippen LogP contribution in [0, 0.1) is 0 Å². The van der Waals surface area contributed by atoms with Gasteiger partial charge in [-0.1, -0.05) is 23.7 Å². The first-order valence-electron chi connectivity index (χ1n) is 7.37. The molecule has 6 nitrogen and oxygen atoms in total. The van der Waals surface area contributed by atoms with Crippen molar-refractivity contribution in [2.45, 2.75) is 24.9 Å². The fourth-order valence-electron chi connectivity index (χ4n) is 2.62. The van der Waals surface area contributed by atoms with Gasteiger partial charge in [-0.15, -0.1) is 0 Å². The van der Waals surface area contributed by atoms with Gasteiger partial charge in [-0.05, 0) is 30.2 Å². The molecule has 1 aliphatic rings. The van der Waals surface area contributed by atoms with Crippen LogP contribution in [-0.4, -0.2) is 27.6 Å². The molecule has 23 heavy (non-hydrogen) atoms. The number of nitrogens with zero attached hydrogens (tertiary/aromatic N) is 2. The maximum absolute atomic E-state index is 12.4. The summed E-state index contributed by atoms with van der Waals surface area (Å²) in [6.45, 7) is 0. The minimum atomic E-state index is -0.485. The summed E-state index contributed by atoms with van der Waals surface area (Å²) in [6.07, 6.45) is 2.72. The van der Waals surface area contributed by atoms with Crippen molar-refractivity contribution in [1.29, 1.82) is 0 Å². The van der Waals surface area contributed by atoms with E-state index < -0.39 is 12.1 Å². The average Bonchev–Trinajstić information content (AvgIpc) is 3.14. The largest absolute Gasteiger partial charge is 0.344 e. The van der Waals surface area contributed by atoms with Gasteiger partial charge in [0, 0.05) is 24.7 Å². The van der Waals surface area contributed by atoms with E-state index in [1.807, 2.05) is 31.4 Å². The summed E-state index contributed by atoms with van der Waals surface area (Å²) in [5, 5.41) is 10.7. The minimum absolute atomic E-state index is 0.0916. The molecule has 0 spiro atoms. The predicted octanol–water partition coefficient (Wildman–Crippen LogP) is 1.56. The Morgan fingerprint density at radius 3 is 2.70 bits per heavy atom. The number of nitrogens with one attached hydrogen (secondary N) is 2. The molecule has 1 aliphatic heterocycles. The number of carbonyl (C=O) groups excluding carboxylic acids is 2. The summed E-state index contributed by atoms with van der Waals surface area (Å²) in [5.41, 5.74) is 1.61. The highest BCUT2D eigenvalue weighted by Crippen LogP contribution is 2.23. The molecule has 1 aromatic heterocycles. The molecule has 0 saturated carbocycles. The Hall–Kier alpha value is -2.34. The fraction of sp³-hybridized carbons (Fsp3) is 0.312. The molecule has 2 atom stereocenters. The molecule has 2 aromatic rings. The summed E-state index contributed by atoms with van der Waals surface area (Å²) < 4.78 is 1.68. The number of carbonyl (C=O) groups is 2. The van der Waals surface area contributed by atoms with E-state index in [2.05, 4.69) is 15.7 Å². The smallest absolute Gasteiger partial charge is 0.243 e. The van der Waals surface area contributed by atoms with Crippen molar-refractivity contribution in [1.82, 2.24) is 20.4 Å². The van der Waals surface area contributed by atoms with Crippen molar-refractivity contribution in [2.24, 2.45) is 7.05 Å². The van der Waals surface area contributed by atoms with Crippen LogP contribution in [0.25, 0.3) is 0 Å². The van der Waals surface area contributed by atoms with E-state index >= 15 is 0 Å². The lowest BCUT2D eigenvalue weighted by Gasteiger charge is -2.20. The van der Waals surface area contributed by atoms with Gasteiger partial charge in [0.25, 0.3) is 0 Å². The first-order chi connectivity index (χ1) is 11.0. The van der Waals surface area contributed by atoms with Crippen LogP contribution in [0.15, 0.2) is 36.5 Å². The number of rotatable bonds is 4. The Morgan fingerprint density at radius 2 is 2.13 bits per heavy atom. The SMILES string of the molecule is Cn1ccc(C(NC(=O)[C@H]2CCC(=O)N2)c2ccc(Cl)cc2)n1. The molecule has 2 amide bonds. The quantitative estimate of drug-likeness (QED) is 0.892. The monoisotopic (exact) mass is 332 g/mol. The lowest BCUT2D eigenvalue weighted by molar-refractivity contribution is -0.126. The van der Waals surface area contributed by atoms with Crippen LogP contribution in [0.2, 0.25) is 5.02 Å². The molecule has 1 saturated heterocycles. The molecular weight excluding hydrogens is 316 g/mol. The highest BCUT2D eigenvalue weighted by molar-refractivity contribution is 6.30. The van der Waals surface area contributed by atoms with E-state index in [0.717, 1.165) is 11.3 Å². The van der Waals surface area contributed by atoms with E-state index in [4.69, 9.17) is 11.6 Å². The van der Waals surface area contributed by atoms with Gasteiger partial charge >= 0.3 is 0 Å². The Morgan fingerprint density at radius 1 is 1.39 bits per heavy atom. The molecule has 1 aromatic carbocycles. The van der Waals surface area contributed by atoms with Crippen LogP contribution in [0.4, 0.5) is 0 Å². The Balaban J connectivity index is 1.84. The van der Waals surface area contributed by atoms with Gasteiger partial charge in [0.15, 0.2) is 0 Å². The van der Waals surface area contributed by atoms with Gasteiger partial charge in [-0.3, -0.25) is 14.3 Å². The van der Waals surface area contributed by atoms with Gasteiger partial charge in [-0.2, -0.15) is 5.10 Å². The molecule has 0 aliphatic carbocycles. The molecule has 2 heterocycles. The molecule has 2 N–H and O–H groups in total. The molecule has 0 bridgehead atoms. The molecular formula is C16H17ClN4O2. The third-order valence-corrected chi connectivity index (χ3v) is 4.08. The van der Waals surface area contributed by atoms with Gasteiger partial charge in [0.2, 0.25) is 11.8 Å². The fourth-order valence-corrected chi connectivity index (χ4v) is 2.75. The highest BCUT2D eigenvalue weighted by atomic mass is 35.5. The second kappa shape index (κ2) is 6.42. The van der Waals surface area contributed by atoms with Gasteiger partial charge in [0.05, 0.1) is 11.7 Å². The number of aromatic nitrogens is 2. The van der Waals surface area contributed by atoms with E-state index in [1.54, 1.807) is 16.8 Å². The van der Waals surface area contributed by atoms with Crippen molar-refractivity contribution in [3.8, 4) is 0 Å². The topological polar surface area (TPSA) is 76.0 Å². The molecule has 3 rings (SSSR count). The number of hydrogen-bond acceptors (Lipinski definition) is 3. The lowest BCUT2D eigenvalue weighted by atomic mass is 10.0. The minimum Gasteiger partial charge on any atom is -0.344 e. The number of aryl methyl sites for hydroxylation is 1. The summed E-state index contributed by atoms with van der Waals surface area (Å²) in [4.78, 5) is 23.7. The van der Waals surface area contributed by atoms with Crippen molar-refractivity contribution in [3.05, 3.63) is 52.8 Å². The molecule has 1 fully saturated rings. The molecule has 0 radical (unpaired) electrons. The number of hydrogen-bond donors (Lipinski definition) is 2. The zero-order valence-corrected chi connectivity index (χ0v) is 13.4. The van der Waals surface area contributed by atoms with Crippen molar-refractivity contribution >= 4 is 23.4 Å². The van der Waals surface area contributed by atoms with Gasteiger partial charge < -0.3 is 10.6 Å². The number of halogens is 1. The van der Waals surface area contributed by atoms with Crippen molar-refractivity contribution in [2.75, 3.05) is 0 Å². The predicted molar refractivity (Wildman–Crippen MR) is 85.8 cm³/mol. The maximum Gasteiger partial charge on any atom is 0.243 e. The Labute approximate surface area is 138 Å². The van der Waals surface area contributed by atoms with E-state index in [9.17, 15) is 9.59 Å². The Bertz CT molecular complexity index is 726. The maximum atomic E-state index is 12.4. The van der Waals surface area contributed by atoms with Crippen LogP contribution >= 0.6 is 11.6 Å². The van der Waals surface area contributed by atoms with Crippen LogP contribution in [0.1, 0.15) is 30.1 Å². The van der Waals surface area contributed by atoms with Crippen LogP contribution in [0.5, 0.6) is 0 Å². The van der Waals surface area contributed by atoms with Crippen LogP contribution in [0.3, 0.4) is 0 Å². The Kier molecular flexibility index (Phi) is 4.34.